The van der Waals surface area contributed by atoms with Crippen molar-refractivity contribution in [1.82, 2.24) is 14.5 Å². The molecule has 0 saturated carbocycles. The van der Waals surface area contributed by atoms with Crippen LogP contribution in [0.3, 0.4) is 0 Å². The zero-order valence-electron chi connectivity index (χ0n) is 15.3. The molecule has 1 fully saturated rings. The number of likely N-dealkylation sites (tertiary alicyclic amines) is 1. The second-order valence-corrected chi connectivity index (χ2v) is 7.72. The SMILES string of the molecule is Cc1ccccc1-c1nc2scc(C(=O)O)c2c(=O)n1CC(=O)N1CCCC1. The van der Waals surface area contributed by atoms with Crippen LogP contribution in [0, 0.1) is 6.92 Å². The van der Waals surface area contributed by atoms with Crippen LogP contribution in [0.25, 0.3) is 21.6 Å². The van der Waals surface area contributed by atoms with Gasteiger partial charge in [0.1, 0.15) is 17.2 Å². The number of aromatic nitrogens is 2. The van der Waals surface area contributed by atoms with Crippen molar-refractivity contribution in [2.24, 2.45) is 0 Å². The van der Waals surface area contributed by atoms with Gasteiger partial charge in [-0.05, 0) is 25.3 Å². The second kappa shape index (κ2) is 7.20. The minimum absolute atomic E-state index is 0.0593. The first-order chi connectivity index (χ1) is 13.5. The van der Waals surface area contributed by atoms with E-state index in [0.29, 0.717) is 23.7 Å². The summed E-state index contributed by atoms with van der Waals surface area (Å²) >= 11 is 1.12. The Bertz CT molecular complexity index is 1140. The average Bonchev–Trinajstić information content (AvgIpc) is 3.34. The Labute approximate surface area is 164 Å². The second-order valence-electron chi connectivity index (χ2n) is 6.86. The van der Waals surface area contributed by atoms with Crippen LogP contribution in [0.5, 0.6) is 0 Å². The van der Waals surface area contributed by atoms with Gasteiger partial charge in [0.25, 0.3) is 5.56 Å². The van der Waals surface area contributed by atoms with Gasteiger partial charge < -0.3 is 10.0 Å². The van der Waals surface area contributed by atoms with Crippen LogP contribution >= 0.6 is 11.3 Å². The smallest absolute Gasteiger partial charge is 0.337 e. The maximum atomic E-state index is 13.3. The largest absolute Gasteiger partial charge is 0.478 e. The molecule has 0 aliphatic carbocycles. The number of aromatic carboxylic acids is 1. The molecular formula is C20H19N3O4S. The summed E-state index contributed by atoms with van der Waals surface area (Å²) in [5, 5.41) is 10.9. The van der Waals surface area contributed by atoms with E-state index in [9.17, 15) is 19.5 Å². The number of carboxylic acids is 1. The van der Waals surface area contributed by atoms with Gasteiger partial charge in [0, 0.05) is 24.0 Å². The maximum Gasteiger partial charge on any atom is 0.337 e. The van der Waals surface area contributed by atoms with Crippen molar-refractivity contribution in [3.63, 3.8) is 0 Å². The van der Waals surface area contributed by atoms with E-state index in [1.54, 1.807) is 4.90 Å². The predicted molar refractivity (Wildman–Crippen MR) is 107 cm³/mol. The van der Waals surface area contributed by atoms with Crippen LogP contribution in [-0.4, -0.2) is 44.5 Å². The van der Waals surface area contributed by atoms with Gasteiger partial charge in [-0.3, -0.25) is 14.2 Å². The third-order valence-corrected chi connectivity index (χ3v) is 5.93. The number of amides is 1. The van der Waals surface area contributed by atoms with Crippen LogP contribution < -0.4 is 5.56 Å². The number of aryl methyl sites for hydroxylation is 1. The van der Waals surface area contributed by atoms with Gasteiger partial charge in [-0.2, -0.15) is 0 Å². The standard InChI is InChI=1S/C20H19N3O4S/c1-12-6-2-3-7-13(12)17-21-18-16(14(11-28-18)20(26)27)19(25)23(17)10-15(24)22-8-4-5-9-22/h2-3,6-7,11H,4-5,8-10H2,1H3,(H,26,27). The normalized spacial score (nSPS) is 14.0. The molecule has 3 heterocycles. The summed E-state index contributed by atoms with van der Waals surface area (Å²) in [6.07, 6.45) is 1.91. The number of fused-ring (bicyclic) bond motifs is 1. The Kier molecular flexibility index (Phi) is 4.72. The number of hydrogen-bond acceptors (Lipinski definition) is 5. The lowest BCUT2D eigenvalue weighted by Crippen LogP contribution is -2.35. The summed E-state index contributed by atoms with van der Waals surface area (Å²) in [7, 11) is 0. The highest BCUT2D eigenvalue weighted by Gasteiger charge is 2.24. The van der Waals surface area contributed by atoms with Crippen molar-refractivity contribution in [2.75, 3.05) is 13.1 Å². The van der Waals surface area contributed by atoms with E-state index >= 15 is 0 Å². The molecule has 28 heavy (non-hydrogen) atoms. The van der Waals surface area contributed by atoms with Crippen LogP contribution in [0.1, 0.15) is 28.8 Å². The minimum atomic E-state index is -1.17. The Morgan fingerprint density at radius 2 is 1.93 bits per heavy atom. The molecule has 0 unspecified atom stereocenters. The van der Waals surface area contributed by atoms with Crippen molar-refractivity contribution < 1.29 is 14.7 Å². The number of rotatable bonds is 4. The molecule has 1 aliphatic rings. The number of carboxylic acid groups (broad SMARTS) is 1. The van der Waals surface area contributed by atoms with Crippen LogP contribution in [0.2, 0.25) is 0 Å². The highest BCUT2D eigenvalue weighted by Crippen LogP contribution is 2.27. The zero-order valence-corrected chi connectivity index (χ0v) is 16.2. The Balaban J connectivity index is 1.94. The van der Waals surface area contributed by atoms with Crippen molar-refractivity contribution in [3.8, 4) is 11.4 Å². The summed E-state index contributed by atoms with van der Waals surface area (Å²) in [6, 6.07) is 7.51. The van der Waals surface area contributed by atoms with Crippen LogP contribution in [0.4, 0.5) is 0 Å². The molecule has 0 bridgehead atoms. The lowest BCUT2D eigenvalue weighted by molar-refractivity contribution is -0.130. The first-order valence-corrected chi connectivity index (χ1v) is 9.94. The number of thiophene rings is 1. The number of nitrogens with zero attached hydrogens (tertiary/aromatic N) is 3. The highest BCUT2D eigenvalue weighted by molar-refractivity contribution is 7.17. The summed E-state index contributed by atoms with van der Waals surface area (Å²) in [4.78, 5) is 44.3. The molecule has 144 valence electrons. The average molecular weight is 397 g/mol. The van der Waals surface area contributed by atoms with Gasteiger partial charge in [0.05, 0.1) is 10.9 Å². The van der Waals surface area contributed by atoms with Crippen LogP contribution in [-0.2, 0) is 11.3 Å². The highest BCUT2D eigenvalue weighted by atomic mass is 32.1. The summed E-state index contributed by atoms with van der Waals surface area (Å²) in [5.41, 5.74) is 1.11. The minimum Gasteiger partial charge on any atom is -0.478 e. The predicted octanol–water partition coefficient (Wildman–Crippen LogP) is 2.75. The fourth-order valence-corrected chi connectivity index (χ4v) is 4.46. The van der Waals surface area contributed by atoms with Gasteiger partial charge in [-0.25, -0.2) is 9.78 Å². The fourth-order valence-electron chi connectivity index (χ4n) is 3.56. The molecular weight excluding hydrogens is 378 g/mol. The molecule has 8 heteroatoms. The Morgan fingerprint density at radius 3 is 2.61 bits per heavy atom. The van der Waals surface area contributed by atoms with Gasteiger partial charge in [-0.1, -0.05) is 24.3 Å². The summed E-state index contributed by atoms with van der Waals surface area (Å²) < 4.78 is 1.32. The molecule has 1 amide bonds. The van der Waals surface area contributed by atoms with Crippen molar-refractivity contribution in [1.29, 1.82) is 0 Å². The lowest BCUT2D eigenvalue weighted by atomic mass is 10.1. The molecule has 1 aromatic carbocycles. The van der Waals surface area contributed by atoms with Crippen LogP contribution in [0.15, 0.2) is 34.4 Å². The van der Waals surface area contributed by atoms with E-state index in [2.05, 4.69) is 4.98 Å². The fraction of sp³-hybridized carbons (Fsp3) is 0.300. The van der Waals surface area contributed by atoms with E-state index in [0.717, 1.165) is 35.3 Å². The molecule has 4 rings (SSSR count). The zero-order chi connectivity index (χ0) is 19.8. The first-order valence-electron chi connectivity index (χ1n) is 9.06. The third-order valence-electron chi connectivity index (χ3n) is 5.06. The number of carbonyl (C=O) groups is 2. The summed E-state index contributed by atoms with van der Waals surface area (Å²) in [6.45, 7) is 3.12. The number of hydrogen-bond donors (Lipinski definition) is 1. The molecule has 0 atom stereocenters. The topological polar surface area (TPSA) is 92.5 Å². The molecule has 0 spiro atoms. The van der Waals surface area contributed by atoms with Gasteiger partial charge in [-0.15, -0.1) is 11.3 Å². The van der Waals surface area contributed by atoms with E-state index < -0.39 is 11.5 Å². The van der Waals surface area contributed by atoms with E-state index in [4.69, 9.17) is 0 Å². The molecule has 3 aromatic rings. The van der Waals surface area contributed by atoms with Crippen molar-refractivity contribution in [2.45, 2.75) is 26.3 Å². The quantitative estimate of drug-likeness (QED) is 0.731. The molecule has 1 aliphatic heterocycles. The molecule has 0 radical (unpaired) electrons. The van der Waals surface area contributed by atoms with E-state index in [-0.39, 0.29) is 23.4 Å². The van der Waals surface area contributed by atoms with E-state index in [1.807, 2.05) is 31.2 Å². The monoisotopic (exact) mass is 397 g/mol. The molecule has 1 saturated heterocycles. The first kappa shape index (κ1) is 18.4. The summed E-state index contributed by atoms with van der Waals surface area (Å²) in [5.74, 6) is -0.934. The van der Waals surface area contributed by atoms with Gasteiger partial charge in [0.2, 0.25) is 5.91 Å². The number of carbonyl (C=O) groups excluding carboxylic acids is 1. The number of benzene rings is 1. The lowest BCUT2D eigenvalue weighted by Gasteiger charge is -2.18. The van der Waals surface area contributed by atoms with Crippen molar-refractivity contribution >= 4 is 33.4 Å². The Hall–Kier alpha value is -3.00. The third kappa shape index (κ3) is 3.09. The Morgan fingerprint density at radius 1 is 1.21 bits per heavy atom. The van der Waals surface area contributed by atoms with E-state index in [1.165, 1.54) is 9.95 Å². The molecule has 2 aromatic heterocycles. The van der Waals surface area contributed by atoms with Crippen molar-refractivity contribution in [3.05, 3.63) is 51.1 Å². The maximum absolute atomic E-state index is 13.3. The van der Waals surface area contributed by atoms with Gasteiger partial charge in [0.15, 0.2) is 0 Å². The molecule has 1 N–H and O–H groups in total. The van der Waals surface area contributed by atoms with Gasteiger partial charge >= 0.3 is 5.97 Å². The molecule has 7 nitrogen and oxygen atoms in total.